The van der Waals surface area contributed by atoms with Crippen LogP contribution in [0.4, 0.5) is 11.5 Å². The average Bonchev–Trinajstić information content (AvgIpc) is 2.91. The second kappa shape index (κ2) is 5.52. The highest BCUT2D eigenvalue weighted by Crippen LogP contribution is 2.43. The van der Waals surface area contributed by atoms with Gasteiger partial charge in [0.05, 0.1) is 17.0 Å². The SMILES string of the molecule is O=C1C=CC2[C@H](c3ccncc3)CC1N2c1ccc([N+](=O)[O-])cn1. The third-order valence-corrected chi connectivity index (χ3v) is 4.67. The fourth-order valence-corrected chi connectivity index (χ4v) is 3.58. The second-order valence-electron chi connectivity index (χ2n) is 5.93. The van der Waals surface area contributed by atoms with Gasteiger partial charge >= 0.3 is 0 Å². The second-order valence-corrected chi connectivity index (χ2v) is 5.93. The number of hydrogen-bond acceptors (Lipinski definition) is 6. The predicted octanol–water partition coefficient (Wildman–Crippen LogP) is 2.25. The van der Waals surface area contributed by atoms with Crippen molar-refractivity contribution in [2.75, 3.05) is 4.90 Å². The van der Waals surface area contributed by atoms with E-state index in [1.54, 1.807) is 24.5 Å². The van der Waals surface area contributed by atoms with Crippen molar-refractivity contribution >= 4 is 17.3 Å². The first-order valence-electron chi connectivity index (χ1n) is 7.66. The van der Waals surface area contributed by atoms with Crippen molar-refractivity contribution in [2.45, 2.75) is 24.4 Å². The Labute approximate surface area is 137 Å². The molecule has 1 saturated heterocycles. The topological polar surface area (TPSA) is 89.2 Å². The molecule has 2 unspecified atom stereocenters. The van der Waals surface area contributed by atoms with Crippen molar-refractivity contribution in [1.29, 1.82) is 0 Å². The Bertz CT molecular complexity index is 819. The summed E-state index contributed by atoms with van der Waals surface area (Å²) in [5, 5.41) is 10.8. The molecule has 2 aromatic rings. The van der Waals surface area contributed by atoms with Crippen molar-refractivity contribution < 1.29 is 9.72 Å². The Hall–Kier alpha value is -3.09. The molecule has 0 amide bonds. The monoisotopic (exact) mass is 322 g/mol. The van der Waals surface area contributed by atoms with Gasteiger partial charge in [-0.25, -0.2) is 4.98 Å². The fourth-order valence-electron chi connectivity index (χ4n) is 3.58. The van der Waals surface area contributed by atoms with Crippen molar-refractivity contribution in [3.05, 3.63) is 70.7 Å². The fraction of sp³-hybridized carbons (Fsp3) is 0.235. The van der Waals surface area contributed by atoms with Gasteiger partial charge < -0.3 is 4.90 Å². The molecule has 2 aromatic heterocycles. The number of carbonyl (C=O) groups is 1. The summed E-state index contributed by atoms with van der Waals surface area (Å²) in [7, 11) is 0. The van der Waals surface area contributed by atoms with E-state index in [1.165, 1.54) is 12.3 Å². The van der Waals surface area contributed by atoms with Gasteiger partial charge in [0.1, 0.15) is 12.0 Å². The minimum absolute atomic E-state index is 0.00376. The van der Waals surface area contributed by atoms with Gasteiger partial charge in [0.15, 0.2) is 5.78 Å². The summed E-state index contributed by atoms with van der Waals surface area (Å²) >= 11 is 0. The summed E-state index contributed by atoms with van der Waals surface area (Å²) < 4.78 is 0. The molecule has 0 spiro atoms. The predicted molar refractivity (Wildman–Crippen MR) is 86.7 cm³/mol. The molecule has 4 heterocycles. The molecule has 0 saturated carbocycles. The number of rotatable bonds is 3. The lowest BCUT2D eigenvalue weighted by Crippen LogP contribution is -2.43. The Balaban J connectivity index is 1.71. The summed E-state index contributed by atoms with van der Waals surface area (Å²) in [4.78, 5) is 32.9. The molecule has 2 aliphatic rings. The van der Waals surface area contributed by atoms with Crippen molar-refractivity contribution in [2.24, 2.45) is 0 Å². The van der Waals surface area contributed by atoms with E-state index in [-0.39, 0.29) is 29.5 Å². The highest BCUT2D eigenvalue weighted by Gasteiger charge is 2.46. The third kappa shape index (κ3) is 2.25. The molecule has 0 radical (unpaired) electrons. The molecule has 2 aliphatic heterocycles. The zero-order chi connectivity index (χ0) is 16.7. The molecular formula is C17H14N4O3. The highest BCUT2D eigenvalue weighted by atomic mass is 16.6. The van der Waals surface area contributed by atoms with Gasteiger partial charge in [-0.3, -0.25) is 19.9 Å². The summed E-state index contributed by atoms with van der Waals surface area (Å²) in [6.45, 7) is 0. The quantitative estimate of drug-likeness (QED) is 0.636. The molecule has 0 N–H and O–H groups in total. The molecule has 1 fully saturated rings. The molecule has 0 aromatic carbocycles. The van der Waals surface area contributed by atoms with E-state index in [9.17, 15) is 14.9 Å². The maximum atomic E-state index is 12.3. The lowest BCUT2D eigenvalue weighted by molar-refractivity contribution is -0.385. The maximum absolute atomic E-state index is 12.3. The molecule has 3 atom stereocenters. The first-order chi connectivity index (χ1) is 11.6. The van der Waals surface area contributed by atoms with E-state index in [4.69, 9.17) is 0 Å². The lowest BCUT2D eigenvalue weighted by Gasteiger charge is -2.32. The van der Waals surface area contributed by atoms with E-state index in [1.807, 2.05) is 23.1 Å². The van der Waals surface area contributed by atoms with Gasteiger partial charge in [-0.05, 0) is 36.3 Å². The van der Waals surface area contributed by atoms with Crippen LogP contribution in [0, 0.1) is 10.1 Å². The Morgan fingerprint density at radius 1 is 1.21 bits per heavy atom. The van der Waals surface area contributed by atoms with Crippen LogP contribution in [0.1, 0.15) is 17.9 Å². The first kappa shape index (κ1) is 14.5. The van der Waals surface area contributed by atoms with Crippen LogP contribution >= 0.6 is 0 Å². The number of pyridine rings is 2. The van der Waals surface area contributed by atoms with E-state index in [0.717, 1.165) is 5.56 Å². The van der Waals surface area contributed by atoms with Crippen LogP contribution < -0.4 is 4.90 Å². The Morgan fingerprint density at radius 2 is 2.00 bits per heavy atom. The zero-order valence-corrected chi connectivity index (χ0v) is 12.6. The Kier molecular flexibility index (Phi) is 3.34. The summed E-state index contributed by atoms with van der Waals surface area (Å²) in [5.74, 6) is 0.797. The molecule has 120 valence electrons. The highest BCUT2D eigenvalue weighted by molar-refractivity contribution is 5.99. The number of hydrogen-bond donors (Lipinski definition) is 0. The largest absolute Gasteiger partial charge is 0.339 e. The Morgan fingerprint density at radius 3 is 2.67 bits per heavy atom. The maximum Gasteiger partial charge on any atom is 0.287 e. The number of ketones is 1. The molecule has 2 bridgehead atoms. The van der Waals surface area contributed by atoms with Gasteiger partial charge in [-0.2, -0.15) is 0 Å². The number of fused-ring (bicyclic) bond motifs is 2. The van der Waals surface area contributed by atoms with Gasteiger partial charge in [0.25, 0.3) is 5.69 Å². The van der Waals surface area contributed by atoms with Gasteiger partial charge in [-0.1, -0.05) is 6.08 Å². The van der Waals surface area contributed by atoms with E-state index in [2.05, 4.69) is 9.97 Å². The molecular weight excluding hydrogens is 308 g/mol. The van der Waals surface area contributed by atoms with E-state index in [0.29, 0.717) is 12.2 Å². The number of nitro groups is 1. The smallest absolute Gasteiger partial charge is 0.287 e. The summed E-state index contributed by atoms with van der Waals surface area (Å²) in [5.41, 5.74) is 1.07. The van der Waals surface area contributed by atoms with Crippen molar-refractivity contribution in [1.82, 2.24) is 9.97 Å². The number of anilines is 1. The lowest BCUT2D eigenvalue weighted by atomic mass is 9.92. The third-order valence-electron chi connectivity index (χ3n) is 4.67. The molecule has 7 nitrogen and oxygen atoms in total. The number of nitrogens with zero attached hydrogens (tertiary/aromatic N) is 4. The minimum atomic E-state index is -0.480. The molecule has 0 aliphatic carbocycles. The van der Waals surface area contributed by atoms with Crippen LogP contribution in [0.25, 0.3) is 0 Å². The summed E-state index contributed by atoms with van der Waals surface area (Å²) in [6, 6.07) is 6.68. The van der Waals surface area contributed by atoms with Crippen LogP contribution in [0.15, 0.2) is 55.0 Å². The van der Waals surface area contributed by atoms with E-state index < -0.39 is 4.92 Å². The normalized spacial score (nSPS) is 25.1. The molecule has 24 heavy (non-hydrogen) atoms. The van der Waals surface area contributed by atoms with Gasteiger partial charge in [-0.15, -0.1) is 0 Å². The van der Waals surface area contributed by atoms with Crippen molar-refractivity contribution in [3.8, 4) is 0 Å². The first-order valence-corrected chi connectivity index (χ1v) is 7.66. The number of aromatic nitrogens is 2. The molecule has 4 rings (SSSR count). The number of carbonyl (C=O) groups excluding carboxylic acids is 1. The van der Waals surface area contributed by atoms with E-state index >= 15 is 0 Å². The van der Waals surface area contributed by atoms with Crippen LogP contribution in [-0.2, 0) is 4.79 Å². The van der Waals surface area contributed by atoms with Crippen LogP contribution in [0.2, 0.25) is 0 Å². The van der Waals surface area contributed by atoms with Crippen LogP contribution in [-0.4, -0.2) is 32.8 Å². The average molecular weight is 322 g/mol. The van der Waals surface area contributed by atoms with Gasteiger partial charge in [0.2, 0.25) is 0 Å². The van der Waals surface area contributed by atoms with Gasteiger partial charge in [0, 0.05) is 24.4 Å². The molecule has 7 heteroatoms. The van der Waals surface area contributed by atoms with Crippen LogP contribution in [0.3, 0.4) is 0 Å². The minimum Gasteiger partial charge on any atom is -0.339 e. The standard InChI is InChI=1S/C17H14N4O3/c22-16-3-2-14-13(11-5-7-18-8-6-11)9-15(16)20(14)17-4-1-12(10-19-17)21(23)24/h1-8,10,13-15H,9H2/t13-,14?,15?/m0/s1. The zero-order valence-electron chi connectivity index (χ0n) is 12.6. The summed E-state index contributed by atoms with van der Waals surface area (Å²) in [6.07, 6.45) is 8.96. The van der Waals surface area contributed by atoms with Crippen molar-refractivity contribution in [3.63, 3.8) is 0 Å². The van der Waals surface area contributed by atoms with Crippen LogP contribution in [0.5, 0.6) is 0 Å².